The maximum Gasteiger partial charge on any atom is 0.269 e. The van der Waals surface area contributed by atoms with Gasteiger partial charge in [0.15, 0.2) is 0 Å². The van der Waals surface area contributed by atoms with Crippen LogP contribution in [-0.2, 0) is 9.59 Å². The maximum absolute atomic E-state index is 11.3. The Kier molecular flexibility index (Phi) is 3.10. The number of rotatable bonds is 1. The zero-order valence-electron chi connectivity index (χ0n) is 11.3. The second-order valence-corrected chi connectivity index (χ2v) is 5.15. The minimum Gasteiger partial charge on any atom is -0.273 e. The van der Waals surface area contributed by atoms with Gasteiger partial charge in [-0.3, -0.25) is 9.59 Å². The number of aliphatic imine (C=N–C) groups is 1. The van der Waals surface area contributed by atoms with Crippen LogP contribution in [-0.4, -0.2) is 23.2 Å². The van der Waals surface area contributed by atoms with Gasteiger partial charge in [0.25, 0.3) is 5.91 Å². The summed E-state index contributed by atoms with van der Waals surface area (Å²) in [6.07, 6.45) is 7.08. The van der Waals surface area contributed by atoms with Gasteiger partial charge in [0.05, 0.1) is 17.0 Å². The van der Waals surface area contributed by atoms with Crippen molar-refractivity contribution in [2.75, 3.05) is 0 Å². The Labute approximate surface area is 121 Å². The molecule has 0 aromatic carbocycles. The molecule has 2 heterocycles. The molecule has 1 N–H and O–H groups in total. The number of allylic oxidation sites excluding steroid dienone is 5. The molecule has 3 aliphatic rings. The molecule has 2 unspecified atom stereocenters. The number of nitrogens with zero attached hydrogens (tertiary/aromatic N) is 3. The Balaban J connectivity index is 2.02. The van der Waals surface area contributed by atoms with Gasteiger partial charge in [0.1, 0.15) is 6.07 Å². The van der Waals surface area contributed by atoms with Crippen LogP contribution in [0.4, 0.5) is 0 Å². The van der Waals surface area contributed by atoms with E-state index in [1.807, 2.05) is 13.0 Å². The predicted octanol–water partition coefficient (Wildman–Crippen LogP) is 1.04. The van der Waals surface area contributed by atoms with Gasteiger partial charge in [0.2, 0.25) is 5.91 Å². The Bertz CT molecular complexity index is 731. The summed E-state index contributed by atoms with van der Waals surface area (Å²) in [5, 5.41) is 13.4. The third-order valence-corrected chi connectivity index (χ3v) is 3.60. The zero-order valence-corrected chi connectivity index (χ0v) is 11.3. The fraction of sp³-hybridized carbons (Fsp3) is 0.267. The Hall–Kier alpha value is -2.81. The van der Waals surface area contributed by atoms with E-state index in [9.17, 15) is 14.9 Å². The molecule has 0 saturated carbocycles. The van der Waals surface area contributed by atoms with Crippen LogP contribution in [0.25, 0.3) is 0 Å². The summed E-state index contributed by atoms with van der Waals surface area (Å²) < 4.78 is 0. The number of carbonyl (C=O) groups excluding carboxylic acids is 2. The summed E-state index contributed by atoms with van der Waals surface area (Å²) in [4.78, 5) is 26.6. The van der Waals surface area contributed by atoms with Crippen molar-refractivity contribution in [1.29, 1.82) is 5.26 Å². The lowest BCUT2D eigenvalue weighted by Gasteiger charge is -2.25. The highest BCUT2D eigenvalue weighted by Gasteiger charge is 2.29. The fourth-order valence-corrected chi connectivity index (χ4v) is 2.60. The van der Waals surface area contributed by atoms with E-state index in [0.29, 0.717) is 17.7 Å². The third kappa shape index (κ3) is 2.34. The number of nitriles is 1. The van der Waals surface area contributed by atoms with Crippen LogP contribution in [0.2, 0.25) is 0 Å². The fourth-order valence-electron chi connectivity index (χ4n) is 2.60. The first-order chi connectivity index (χ1) is 10.1. The number of nitrogens with one attached hydrogen (secondary N) is 1. The highest BCUT2D eigenvalue weighted by atomic mass is 16.2. The molecular weight excluding hydrogens is 268 g/mol. The Morgan fingerprint density at radius 2 is 2.19 bits per heavy atom. The largest absolute Gasteiger partial charge is 0.273 e. The number of hydrogen-bond donors (Lipinski definition) is 1. The molecule has 2 aliphatic heterocycles. The van der Waals surface area contributed by atoms with Crippen molar-refractivity contribution in [3.8, 4) is 6.07 Å². The van der Waals surface area contributed by atoms with E-state index in [-0.39, 0.29) is 23.7 Å². The average Bonchev–Trinajstić information content (AvgIpc) is 2.46. The molecule has 6 nitrogen and oxygen atoms in total. The molecule has 0 fully saturated rings. The van der Waals surface area contributed by atoms with Crippen LogP contribution in [0.15, 0.2) is 45.5 Å². The molecule has 0 bridgehead atoms. The minimum atomic E-state index is -0.352. The molecular formula is C15H12N4O2. The van der Waals surface area contributed by atoms with E-state index in [0.717, 1.165) is 11.3 Å². The van der Waals surface area contributed by atoms with E-state index in [4.69, 9.17) is 0 Å². The predicted molar refractivity (Wildman–Crippen MR) is 76.2 cm³/mol. The molecule has 1 aliphatic carbocycles. The monoisotopic (exact) mass is 280 g/mol. The summed E-state index contributed by atoms with van der Waals surface area (Å²) in [5.74, 6) is -0.689. The lowest BCUT2D eigenvalue weighted by Crippen LogP contribution is -2.33. The number of amides is 2. The Morgan fingerprint density at radius 1 is 1.38 bits per heavy atom. The van der Waals surface area contributed by atoms with Crippen molar-refractivity contribution in [2.45, 2.75) is 13.3 Å². The molecule has 0 saturated heterocycles. The molecule has 0 spiro atoms. The van der Waals surface area contributed by atoms with E-state index in [1.54, 1.807) is 12.2 Å². The maximum atomic E-state index is 11.3. The summed E-state index contributed by atoms with van der Waals surface area (Å²) >= 11 is 0. The van der Waals surface area contributed by atoms with Gasteiger partial charge in [-0.15, -0.1) is 0 Å². The van der Waals surface area contributed by atoms with Crippen molar-refractivity contribution >= 4 is 23.2 Å². The number of fused-ring (bicyclic) bond motifs is 1. The lowest BCUT2D eigenvalue weighted by molar-refractivity contribution is -0.122. The van der Waals surface area contributed by atoms with E-state index in [1.165, 1.54) is 6.08 Å². The molecule has 0 aromatic heterocycles. The molecule has 0 aromatic rings. The molecule has 6 heteroatoms. The van der Waals surface area contributed by atoms with Gasteiger partial charge in [-0.05, 0) is 11.6 Å². The van der Waals surface area contributed by atoms with Crippen LogP contribution in [0, 0.1) is 23.2 Å². The van der Waals surface area contributed by atoms with E-state index >= 15 is 0 Å². The summed E-state index contributed by atoms with van der Waals surface area (Å²) in [6.45, 7) is 1.92. The number of hydrazone groups is 1. The van der Waals surface area contributed by atoms with Crippen LogP contribution >= 0.6 is 0 Å². The summed E-state index contributed by atoms with van der Waals surface area (Å²) in [7, 11) is 0. The SMILES string of the molecule is CC1CC(=O)NN=C1C1=CC2C=CC(=O)N=C2C(C#N)=C1. The second kappa shape index (κ2) is 4.94. The molecule has 2 atom stereocenters. The van der Waals surface area contributed by atoms with Crippen molar-refractivity contribution < 1.29 is 9.59 Å². The first-order valence-corrected chi connectivity index (χ1v) is 6.60. The topological polar surface area (TPSA) is 94.7 Å². The van der Waals surface area contributed by atoms with Crippen LogP contribution < -0.4 is 5.43 Å². The van der Waals surface area contributed by atoms with Crippen LogP contribution in [0.1, 0.15) is 13.3 Å². The van der Waals surface area contributed by atoms with Gasteiger partial charge >= 0.3 is 0 Å². The quantitative estimate of drug-likeness (QED) is 0.777. The number of dihydropyridines is 1. The summed E-state index contributed by atoms with van der Waals surface area (Å²) in [5.41, 5.74) is 4.84. The molecule has 104 valence electrons. The highest BCUT2D eigenvalue weighted by Crippen LogP contribution is 2.28. The standard InChI is InChI=1S/C15H12N4O2/c1-8-4-13(21)18-19-14(8)10-5-9-2-3-12(20)17-15(9)11(6-10)7-16/h2-3,5-6,8-9H,4H2,1H3,(H,18,21). The third-order valence-electron chi connectivity index (χ3n) is 3.60. The molecule has 2 amide bonds. The second-order valence-electron chi connectivity index (χ2n) is 5.15. The lowest BCUT2D eigenvalue weighted by atomic mass is 9.82. The van der Waals surface area contributed by atoms with Gasteiger partial charge in [-0.2, -0.15) is 10.4 Å². The van der Waals surface area contributed by atoms with Crippen molar-refractivity contribution in [3.05, 3.63) is 35.5 Å². The normalized spacial score (nSPS) is 27.6. The van der Waals surface area contributed by atoms with Gasteiger partial charge in [-0.1, -0.05) is 19.1 Å². The van der Waals surface area contributed by atoms with Gasteiger partial charge in [-0.25, -0.2) is 10.4 Å². The molecule has 21 heavy (non-hydrogen) atoms. The number of hydrogen-bond acceptors (Lipinski definition) is 4. The summed E-state index contributed by atoms with van der Waals surface area (Å²) in [6, 6.07) is 2.08. The average molecular weight is 280 g/mol. The smallest absolute Gasteiger partial charge is 0.269 e. The van der Waals surface area contributed by atoms with E-state index < -0.39 is 0 Å². The first kappa shape index (κ1) is 13.2. The van der Waals surface area contributed by atoms with Gasteiger partial charge < -0.3 is 0 Å². The first-order valence-electron chi connectivity index (χ1n) is 6.60. The highest BCUT2D eigenvalue weighted by molar-refractivity contribution is 6.19. The van der Waals surface area contributed by atoms with Crippen LogP contribution in [0.5, 0.6) is 0 Å². The number of carbonyl (C=O) groups is 2. The van der Waals surface area contributed by atoms with Crippen molar-refractivity contribution in [3.63, 3.8) is 0 Å². The van der Waals surface area contributed by atoms with E-state index in [2.05, 4.69) is 21.6 Å². The van der Waals surface area contributed by atoms with Crippen LogP contribution in [0.3, 0.4) is 0 Å². The molecule has 0 radical (unpaired) electrons. The molecule has 3 rings (SSSR count). The zero-order chi connectivity index (χ0) is 15.0. The minimum absolute atomic E-state index is 0.0196. The van der Waals surface area contributed by atoms with Gasteiger partial charge in [0, 0.05) is 24.3 Å². The van der Waals surface area contributed by atoms with Crippen molar-refractivity contribution in [2.24, 2.45) is 21.9 Å². The van der Waals surface area contributed by atoms with Crippen molar-refractivity contribution in [1.82, 2.24) is 5.43 Å². The Morgan fingerprint density at radius 3 is 2.90 bits per heavy atom.